The molecule has 0 fully saturated rings. The first-order chi connectivity index (χ1) is 10.1. The average Bonchev–Trinajstić information content (AvgIpc) is 2.60. The first-order valence-corrected chi connectivity index (χ1v) is 6.22. The van der Waals surface area contributed by atoms with Gasteiger partial charge in [0.05, 0.1) is 0 Å². The number of imide groups is 1. The summed E-state index contributed by atoms with van der Waals surface area (Å²) in [5.74, 6) is 0.532. The number of hydrogen-bond acceptors (Lipinski definition) is 4. The van der Waals surface area contributed by atoms with E-state index in [2.05, 4.69) is 10.4 Å². The van der Waals surface area contributed by atoms with E-state index in [1.165, 1.54) is 13.8 Å². The lowest BCUT2D eigenvalue weighted by atomic mass is 10.2. The van der Waals surface area contributed by atoms with Crippen molar-refractivity contribution in [1.82, 2.24) is 10.4 Å². The number of amides is 2. The third-order valence-corrected chi connectivity index (χ3v) is 3.14. The van der Waals surface area contributed by atoms with Crippen molar-refractivity contribution in [3.8, 4) is 12.3 Å². The zero-order valence-electron chi connectivity index (χ0n) is 11.6. The SMILES string of the molecule is C#C/C=C(\C(Cl)=NCNN1C(=O)C(C)=C(C)C1=O)C(F)(F)F. The number of carbonyl (C=O) groups excluding carboxylic acids is 2. The fourth-order valence-corrected chi connectivity index (χ4v) is 1.72. The normalized spacial score (nSPS) is 17.4. The van der Waals surface area contributed by atoms with E-state index in [0.29, 0.717) is 11.1 Å². The summed E-state index contributed by atoms with van der Waals surface area (Å²) < 4.78 is 37.9. The maximum Gasteiger partial charge on any atom is 0.419 e. The highest BCUT2D eigenvalue weighted by Gasteiger charge is 2.36. The molecule has 1 aliphatic rings. The third-order valence-electron chi connectivity index (χ3n) is 2.81. The zero-order chi connectivity index (χ0) is 17.1. The first kappa shape index (κ1) is 17.9. The molecule has 0 spiro atoms. The second-order valence-corrected chi connectivity index (χ2v) is 4.54. The maximum absolute atomic E-state index is 12.6. The van der Waals surface area contributed by atoms with Gasteiger partial charge >= 0.3 is 6.18 Å². The molecule has 0 aliphatic carbocycles. The van der Waals surface area contributed by atoms with Crippen LogP contribution in [-0.2, 0) is 9.59 Å². The van der Waals surface area contributed by atoms with Crippen LogP contribution in [0.5, 0.6) is 0 Å². The van der Waals surface area contributed by atoms with Gasteiger partial charge in [0.1, 0.15) is 17.4 Å². The predicted molar refractivity (Wildman–Crippen MR) is 74.5 cm³/mol. The van der Waals surface area contributed by atoms with E-state index in [1.807, 2.05) is 0 Å². The molecule has 22 heavy (non-hydrogen) atoms. The molecule has 0 unspecified atom stereocenters. The quantitative estimate of drug-likeness (QED) is 0.486. The number of alkyl halides is 3. The number of carbonyl (C=O) groups is 2. The Labute approximate surface area is 129 Å². The topological polar surface area (TPSA) is 61.8 Å². The Hall–Kier alpha value is -2.11. The van der Waals surface area contributed by atoms with E-state index >= 15 is 0 Å². The Morgan fingerprint density at radius 1 is 1.36 bits per heavy atom. The van der Waals surface area contributed by atoms with E-state index in [4.69, 9.17) is 18.0 Å². The van der Waals surface area contributed by atoms with Crippen LogP contribution in [0.1, 0.15) is 13.8 Å². The Morgan fingerprint density at radius 3 is 2.27 bits per heavy atom. The number of aliphatic imine (C=N–C) groups is 1. The van der Waals surface area contributed by atoms with E-state index in [-0.39, 0.29) is 11.1 Å². The summed E-state index contributed by atoms with van der Waals surface area (Å²) in [6.45, 7) is 2.42. The van der Waals surface area contributed by atoms with Gasteiger partial charge in [0.25, 0.3) is 11.8 Å². The van der Waals surface area contributed by atoms with E-state index in [0.717, 1.165) is 0 Å². The van der Waals surface area contributed by atoms with Gasteiger partial charge in [-0.2, -0.15) is 13.2 Å². The summed E-state index contributed by atoms with van der Waals surface area (Å²) in [5, 5.41) is -0.213. The number of halogens is 4. The molecular weight excluding hydrogens is 323 g/mol. The monoisotopic (exact) mass is 333 g/mol. The molecule has 118 valence electrons. The molecular formula is C13H11ClF3N3O2. The predicted octanol–water partition coefficient (Wildman–Crippen LogP) is 1.91. The summed E-state index contributed by atoms with van der Waals surface area (Å²) in [6, 6.07) is 0. The van der Waals surface area contributed by atoms with Crippen LogP contribution in [0.15, 0.2) is 27.8 Å². The first-order valence-electron chi connectivity index (χ1n) is 5.84. The van der Waals surface area contributed by atoms with Crippen LogP contribution in [0.2, 0.25) is 0 Å². The lowest BCUT2D eigenvalue weighted by Crippen LogP contribution is -2.43. The van der Waals surface area contributed by atoms with Crippen LogP contribution < -0.4 is 5.43 Å². The number of hydrazine groups is 1. The molecule has 9 heteroatoms. The van der Waals surface area contributed by atoms with Gasteiger partial charge in [-0.05, 0) is 13.8 Å². The summed E-state index contributed by atoms with van der Waals surface area (Å²) in [5.41, 5.74) is 1.50. The Kier molecular flexibility index (Phi) is 5.52. The van der Waals surface area contributed by atoms with Crippen molar-refractivity contribution in [3.05, 3.63) is 22.8 Å². The molecule has 0 atom stereocenters. The van der Waals surface area contributed by atoms with Gasteiger partial charge in [-0.1, -0.05) is 17.5 Å². The maximum atomic E-state index is 12.6. The van der Waals surface area contributed by atoms with E-state index < -0.39 is 35.4 Å². The van der Waals surface area contributed by atoms with Crippen molar-refractivity contribution in [2.75, 3.05) is 6.67 Å². The number of nitrogens with one attached hydrogen (secondary N) is 1. The molecule has 1 aliphatic heterocycles. The van der Waals surface area contributed by atoms with Crippen LogP contribution in [0.4, 0.5) is 13.2 Å². The highest BCUT2D eigenvalue weighted by Crippen LogP contribution is 2.27. The van der Waals surface area contributed by atoms with Gasteiger partial charge in [-0.15, -0.1) is 6.42 Å². The van der Waals surface area contributed by atoms with Gasteiger partial charge in [0.15, 0.2) is 0 Å². The fourth-order valence-electron chi connectivity index (χ4n) is 1.49. The van der Waals surface area contributed by atoms with Gasteiger partial charge in [-0.25, -0.2) is 10.4 Å². The smallest absolute Gasteiger partial charge is 0.267 e. The minimum Gasteiger partial charge on any atom is -0.267 e. The van der Waals surface area contributed by atoms with Crippen LogP contribution in [0.3, 0.4) is 0 Å². The van der Waals surface area contributed by atoms with E-state index in [1.54, 1.807) is 5.92 Å². The highest BCUT2D eigenvalue weighted by molar-refractivity contribution is 6.69. The second-order valence-electron chi connectivity index (χ2n) is 4.18. The molecule has 0 aromatic carbocycles. The minimum atomic E-state index is -4.76. The molecule has 0 aromatic heterocycles. The number of rotatable bonds is 4. The lowest BCUT2D eigenvalue weighted by molar-refractivity contribution is -0.141. The molecule has 0 saturated heterocycles. The fraction of sp³-hybridized carbons (Fsp3) is 0.308. The Morgan fingerprint density at radius 2 is 1.86 bits per heavy atom. The zero-order valence-corrected chi connectivity index (χ0v) is 12.3. The van der Waals surface area contributed by atoms with Crippen molar-refractivity contribution in [1.29, 1.82) is 0 Å². The molecule has 0 bridgehead atoms. The van der Waals surface area contributed by atoms with Gasteiger partial charge < -0.3 is 0 Å². The van der Waals surface area contributed by atoms with Crippen LogP contribution in [-0.4, -0.2) is 34.8 Å². The Balaban J connectivity index is 2.79. The molecule has 5 nitrogen and oxygen atoms in total. The van der Waals surface area contributed by atoms with Crippen LogP contribution in [0.25, 0.3) is 0 Å². The molecule has 2 amide bonds. The summed E-state index contributed by atoms with van der Waals surface area (Å²) in [4.78, 5) is 26.8. The lowest BCUT2D eigenvalue weighted by Gasteiger charge is -2.15. The van der Waals surface area contributed by atoms with Crippen LogP contribution in [0, 0.1) is 12.3 Å². The molecule has 1 heterocycles. The molecule has 1 N–H and O–H groups in total. The van der Waals surface area contributed by atoms with Crippen molar-refractivity contribution in [3.63, 3.8) is 0 Å². The van der Waals surface area contributed by atoms with E-state index in [9.17, 15) is 22.8 Å². The van der Waals surface area contributed by atoms with Crippen molar-refractivity contribution in [2.24, 2.45) is 4.99 Å². The number of nitrogens with zero attached hydrogens (tertiary/aromatic N) is 2. The van der Waals surface area contributed by atoms with Crippen molar-refractivity contribution in [2.45, 2.75) is 20.0 Å². The largest absolute Gasteiger partial charge is 0.419 e. The van der Waals surface area contributed by atoms with Gasteiger partial charge in [0, 0.05) is 17.2 Å². The molecule has 0 saturated carbocycles. The number of allylic oxidation sites excluding steroid dienone is 2. The highest BCUT2D eigenvalue weighted by atomic mass is 35.5. The standard InChI is InChI=1S/C13H11ClF3N3O2/c1-4-5-9(13(15,16)17)10(14)18-6-19-20-11(21)7(2)8(3)12(20)22/h1,5,19H,6H2,2-3H3/b9-5+,18-10?. The van der Waals surface area contributed by atoms with Gasteiger partial charge in [0.2, 0.25) is 0 Å². The Bertz CT molecular complexity index is 618. The third kappa shape index (κ3) is 3.75. The second kappa shape index (κ2) is 6.77. The number of hydrogen-bond donors (Lipinski definition) is 1. The molecule has 1 rings (SSSR count). The average molecular weight is 334 g/mol. The molecule has 0 aromatic rings. The van der Waals surface area contributed by atoms with Crippen molar-refractivity contribution < 1.29 is 22.8 Å². The van der Waals surface area contributed by atoms with Crippen molar-refractivity contribution >= 4 is 28.6 Å². The van der Waals surface area contributed by atoms with Crippen LogP contribution >= 0.6 is 11.6 Å². The van der Waals surface area contributed by atoms with Gasteiger partial charge in [-0.3, -0.25) is 14.6 Å². The summed E-state index contributed by atoms with van der Waals surface area (Å²) in [7, 11) is 0. The summed E-state index contributed by atoms with van der Waals surface area (Å²) >= 11 is 5.45. The minimum absolute atomic E-state index is 0.246. The summed E-state index contributed by atoms with van der Waals surface area (Å²) in [6.07, 6.45) is 0.476. The number of terminal acetylenes is 1. The molecule has 0 radical (unpaired) electrons.